The van der Waals surface area contributed by atoms with Crippen molar-refractivity contribution < 1.29 is 27.2 Å². The third-order valence-corrected chi connectivity index (χ3v) is 7.34. The van der Waals surface area contributed by atoms with Gasteiger partial charge in [0.1, 0.15) is 18.1 Å². The third kappa shape index (κ3) is 5.66. The Hall–Kier alpha value is -2.63. The first-order valence-corrected chi connectivity index (χ1v) is 12.3. The molecule has 0 bridgehead atoms. The number of rotatable bonds is 4. The van der Waals surface area contributed by atoms with E-state index >= 15 is 0 Å². The van der Waals surface area contributed by atoms with E-state index in [0.717, 1.165) is 6.54 Å². The highest BCUT2D eigenvalue weighted by molar-refractivity contribution is 7.92. The number of hydrogen-bond acceptors (Lipinski definition) is 8. The molecule has 0 spiro atoms. The lowest BCUT2D eigenvalue weighted by atomic mass is 10.0. The molecular weight excluding hydrogens is 448 g/mol. The van der Waals surface area contributed by atoms with E-state index < -0.39 is 10.0 Å². The van der Waals surface area contributed by atoms with E-state index in [1.807, 2.05) is 6.92 Å². The number of methoxy groups -OCH3 is 1. The van der Waals surface area contributed by atoms with Gasteiger partial charge in [-0.25, -0.2) is 8.42 Å². The number of likely N-dealkylation sites (N-methyl/N-ethyl adjacent to an activating group) is 1. The highest BCUT2D eigenvalue weighted by Crippen LogP contribution is 2.28. The molecule has 2 heterocycles. The van der Waals surface area contributed by atoms with Crippen molar-refractivity contribution >= 4 is 21.6 Å². The Bertz CT molecular complexity index is 1080. The van der Waals surface area contributed by atoms with Crippen LogP contribution in [0.3, 0.4) is 0 Å². The maximum atomic E-state index is 13.3. The molecule has 1 aromatic carbocycles. The zero-order chi connectivity index (χ0) is 24.3. The van der Waals surface area contributed by atoms with Crippen LogP contribution in [0.5, 0.6) is 5.75 Å². The van der Waals surface area contributed by atoms with Crippen molar-refractivity contribution in [1.29, 1.82) is 0 Å². The molecule has 0 radical (unpaired) electrons. The normalized spacial score (nSPS) is 22.7. The molecule has 1 amide bonds. The molecule has 33 heavy (non-hydrogen) atoms. The Morgan fingerprint density at radius 3 is 2.64 bits per heavy atom. The molecule has 0 saturated heterocycles. The number of carbonyl (C=O) groups is 1. The second-order valence-corrected chi connectivity index (χ2v) is 10.1. The lowest BCUT2D eigenvalue weighted by Crippen LogP contribution is -2.44. The molecule has 0 aliphatic carbocycles. The van der Waals surface area contributed by atoms with Gasteiger partial charge in [0.15, 0.2) is 10.7 Å². The van der Waals surface area contributed by atoms with Crippen molar-refractivity contribution in [2.45, 2.75) is 44.7 Å². The molecular formula is C22H32N4O6S. The first kappa shape index (κ1) is 25.0. The van der Waals surface area contributed by atoms with Gasteiger partial charge in [0.25, 0.3) is 15.9 Å². The summed E-state index contributed by atoms with van der Waals surface area (Å²) in [6, 6.07) is 4.69. The predicted molar refractivity (Wildman–Crippen MR) is 123 cm³/mol. The molecule has 3 atom stereocenters. The molecule has 0 fully saturated rings. The van der Waals surface area contributed by atoms with Crippen LogP contribution >= 0.6 is 0 Å². The summed E-state index contributed by atoms with van der Waals surface area (Å²) in [7, 11) is -0.639. The van der Waals surface area contributed by atoms with Gasteiger partial charge < -0.3 is 24.2 Å². The fraction of sp³-hybridized carbons (Fsp3) is 0.545. The summed E-state index contributed by atoms with van der Waals surface area (Å²) in [6.45, 7) is 8.59. The summed E-state index contributed by atoms with van der Waals surface area (Å²) >= 11 is 0. The number of sulfonamides is 1. The minimum absolute atomic E-state index is 0.0215. The molecule has 11 heteroatoms. The number of aromatic nitrogens is 1. The number of fused-ring (bicyclic) bond motifs is 1. The molecule has 1 aromatic heterocycles. The molecule has 1 aliphatic heterocycles. The molecule has 1 aliphatic rings. The predicted octanol–water partition coefficient (Wildman–Crippen LogP) is 2.19. The molecule has 2 aromatic rings. The van der Waals surface area contributed by atoms with Crippen LogP contribution < -0.4 is 14.8 Å². The van der Waals surface area contributed by atoms with Gasteiger partial charge in [-0.1, -0.05) is 12.1 Å². The van der Waals surface area contributed by atoms with Gasteiger partial charge in [0.2, 0.25) is 0 Å². The minimum atomic E-state index is -3.96. The standard InChI is InChI=1S/C22H32N4O6S/c1-13-10-23-14(2)12-31-19-8-7-17(9-18(19)22(27)26(5)11-20(13)30-6)25-33(28,29)21-15(3)24-32-16(21)4/h7-9,13-14,20,23,25H,10-12H2,1-6H3/t13-,14+,20-/m0/s1. The Morgan fingerprint density at radius 1 is 1.27 bits per heavy atom. The van der Waals surface area contributed by atoms with Crippen molar-refractivity contribution in [3.8, 4) is 5.75 Å². The van der Waals surface area contributed by atoms with Gasteiger partial charge in [-0.3, -0.25) is 9.52 Å². The SMILES string of the molecule is CO[C@H]1CN(C)C(=O)c2cc(NS(=O)(=O)c3c(C)noc3C)ccc2OC[C@@H](C)NC[C@@H]1C. The van der Waals surface area contributed by atoms with E-state index in [-0.39, 0.29) is 51.6 Å². The Kier molecular flexibility index (Phi) is 7.65. The molecule has 10 nitrogen and oxygen atoms in total. The molecule has 182 valence electrons. The number of benzene rings is 1. The second-order valence-electron chi connectivity index (χ2n) is 8.53. The van der Waals surface area contributed by atoms with Crippen molar-refractivity contribution in [3.63, 3.8) is 0 Å². The second kappa shape index (κ2) is 10.1. The van der Waals surface area contributed by atoms with Crippen LogP contribution in [-0.2, 0) is 14.8 Å². The first-order chi connectivity index (χ1) is 15.5. The van der Waals surface area contributed by atoms with Crippen LogP contribution in [0.1, 0.15) is 35.7 Å². The Balaban J connectivity index is 1.96. The molecule has 0 unspecified atom stereocenters. The van der Waals surface area contributed by atoms with Gasteiger partial charge in [-0.15, -0.1) is 0 Å². The average Bonchev–Trinajstić information content (AvgIpc) is 3.11. The smallest absolute Gasteiger partial charge is 0.267 e. The minimum Gasteiger partial charge on any atom is -0.491 e. The van der Waals surface area contributed by atoms with Crippen LogP contribution in [-0.4, -0.2) is 70.4 Å². The number of aryl methyl sites for hydroxylation is 2. The van der Waals surface area contributed by atoms with Gasteiger partial charge in [0, 0.05) is 39.0 Å². The van der Waals surface area contributed by atoms with Crippen LogP contribution in [0.4, 0.5) is 5.69 Å². The summed E-state index contributed by atoms with van der Waals surface area (Å²) < 4.78 is 44.9. The van der Waals surface area contributed by atoms with Gasteiger partial charge in [-0.05, 0) is 44.9 Å². The monoisotopic (exact) mass is 480 g/mol. The Morgan fingerprint density at radius 2 is 2.00 bits per heavy atom. The number of ether oxygens (including phenoxy) is 2. The average molecular weight is 481 g/mol. The molecule has 3 rings (SSSR count). The quantitative estimate of drug-likeness (QED) is 0.683. The summed E-state index contributed by atoms with van der Waals surface area (Å²) in [5.74, 6) is 0.439. The van der Waals surface area contributed by atoms with Crippen molar-refractivity contribution in [2.24, 2.45) is 5.92 Å². The van der Waals surface area contributed by atoms with E-state index in [1.54, 1.807) is 38.1 Å². The van der Waals surface area contributed by atoms with E-state index in [9.17, 15) is 13.2 Å². The van der Waals surface area contributed by atoms with Gasteiger partial charge in [0.05, 0.1) is 11.7 Å². The van der Waals surface area contributed by atoms with Crippen LogP contribution in [0.25, 0.3) is 0 Å². The van der Waals surface area contributed by atoms with E-state index in [4.69, 9.17) is 14.0 Å². The maximum absolute atomic E-state index is 13.3. The zero-order valence-electron chi connectivity index (χ0n) is 19.8. The fourth-order valence-electron chi connectivity index (χ4n) is 3.79. The highest BCUT2D eigenvalue weighted by atomic mass is 32.2. The largest absolute Gasteiger partial charge is 0.491 e. The van der Waals surface area contributed by atoms with Crippen molar-refractivity contribution in [2.75, 3.05) is 38.6 Å². The number of anilines is 1. The summed E-state index contributed by atoms with van der Waals surface area (Å²) in [4.78, 5) is 14.9. The molecule has 0 saturated carbocycles. The van der Waals surface area contributed by atoms with Crippen LogP contribution in [0.15, 0.2) is 27.6 Å². The number of nitrogens with zero attached hydrogens (tertiary/aromatic N) is 2. The number of amides is 1. The fourth-order valence-corrected chi connectivity index (χ4v) is 5.17. The van der Waals surface area contributed by atoms with E-state index in [1.165, 1.54) is 13.0 Å². The maximum Gasteiger partial charge on any atom is 0.267 e. The summed E-state index contributed by atoms with van der Waals surface area (Å²) in [5, 5.41) is 7.14. The van der Waals surface area contributed by atoms with E-state index in [0.29, 0.717) is 18.9 Å². The van der Waals surface area contributed by atoms with Gasteiger partial charge in [-0.2, -0.15) is 0 Å². The lowest BCUT2D eigenvalue weighted by Gasteiger charge is -2.30. The van der Waals surface area contributed by atoms with Crippen LogP contribution in [0, 0.1) is 19.8 Å². The van der Waals surface area contributed by atoms with Crippen LogP contribution in [0.2, 0.25) is 0 Å². The van der Waals surface area contributed by atoms with Gasteiger partial charge >= 0.3 is 0 Å². The summed E-state index contributed by atoms with van der Waals surface area (Å²) in [5.41, 5.74) is 0.743. The van der Waals surface area contributed by atoms with E-state index in [2.05, 4.69) is 22.1 Å². The highest BCUT2D eigenvalue weighted by Gasteiger charge is 2.27. The topological polar surface area (TPSA) is 123 Å². The first-order valence-electron chi connectivity index (χ1n) is 10.8. The van der Waals surface area contributed by atoms with Crippen molar-refractivity contribution in [3.05, 3.63) is 35.2 Å². The van der Waals surface area contributed by atoms with Crippen molar-refractivity contribution in [1.82, 2.24) is 15.4 Å². The summed E-state index contributed by atoms with van der Waals surface area (Å²) in [6.07, 6.45) is -0.163. The zero-order valence-corrected chi connectivity index (χ0v) is 20.7. The number of carbonyl (C=O) groups excluding carboxylic acids is 1. The number of hydrogen-bond donors (Lipinski definition) is 2. The molecule has 2 N–H and O–H groups in total. The third-order valence-electron chi connectivity index (χ3n) is 5.71. The lowest BCUT2D eigenvalue weighted by molar-refractivity contribution is 0.0281. The Labute approximate surface area is 194 Å². The number of nitrogens with one attached hydrogen (secondary N) is 2.